The number of aryl methyl sites for hydroxylation is 1. The minimum Gasteiger partial charge on any atom is -0.303 e. The van der Waals surface area contributed by atoms with Gasteiger partial charge < -0.3 is 4.90 Å². The molecule has 1 rings (SSSR count). The van der Waals surface area contributed by atoms with Gasteiger partial charge in [0.25, 0.3) is 0 Å². The highest BCUT2D eigenvalue weighted by Gasteiger charge is 2.15. The third kappa shape index (κ3) is 4.30. The highest BCUT2D eigenvalue weighted by Crippen LogP contribution is 2.14. The van der Waals surface area contributed by atoms with Gasteiger partial charge in [0.2, 0.25) is 10.0 Å². The predicted octanol–water partition coefficient (Wildman–Crippen LogP) is 1.49. The second kappa shape index (κ2) is 6.84. The summed E-state index contributed by atoms with van der Waals surface area (Å²) in [7, 11) is -1.57. The summed E-state index contributed by atoms with van der Waals surface area (Å²) >= 11 is 0. The van der Waals surface area contributed by atoms with Gasteiger partial charge in [0.1, 0.15) is 0 Å². The Morgan fingerprint density at radius 2 is 2.05 bits per heavy atom. The molecule has 0 atom stereocenters. The fourth-order valence-corrected chi connectivity index (χ4v) is 2.73. The Hall–Kier alpha value is -1.42. The minimum atomic E-state index is -3.52. The second-order valence-corrected chi connectivity index (χ2v) is 6.83. The molecule has 0 saturated carbocycles. The number of nitrogens with one attached hydrogen (secondary N) is 1. The smallest absolute Gasteiger partial charge is 0.240 e. The zero-order valence-electron chi connectivity index (χ0n) is 12.3. The fraction of sp³-hybridized carbons (Fsp3) is 0.500. The third-order valence-electron chi connectivity index (χ3n) is 3.27. The number of sulfonamides is 1. The molecule has 1 aromatic rings. The van der Waals surface area contributed by atoms with Crippen LogP contribution in [0.2, 0.25) is 0 Å². The Kier molecular flexibility index (Phi) is 5.69. The molecule has 20 heavy (non-hydrogen) atoms. The van der Waals surface area contributed by atoms with Gasteiger partial charge in [0.15, 0.2) is 0 Å². The molecule has 0 aliphatic heterocycles. The van der Waals surface area contributed by atoms with Gasteiger partial charge >= 0.3 is 0 Å². The number of likely N-dealkylation sites (N-methyl/N-ethyl adjacent to an activating group) is 1. The molecular formula is C14H21N3O2S. The van der Waals surface area contributed by atoms with Gasteiger partial charge in [0, 0.05) is 19.1 Å². The number of nitrogens with zero attached hydrogens (tertiary/aromatic N) is 2. The minimum absolute atomic E-state index is 0.196. The van der Waals surface area contributed by atoms with Crippen molar-refractivity contribution in [1.29, 1.82) is 5.26 Å². The molecule has 5 nitrogen and oxygen atoms in total. The average molecular weight is 295 g/mol. The van der Waals surface area contributed by atoms with Crippen LogP contribution < -0.4 is 4.72 Å². The van der Waals surface area contributed by atoms with Crippen LogP contribution in [0.5, 0.6) is 0 Å². The van der Waals surface area contributed by atoms with Crippen molar-refractivity contribution < 1.29 is 8.42 Å². The molecule has 1 aromatic carbocycles. The lowest BCUT2D eigenvalue weighted by molar-refractivity contribution is 0.278. The number of benzene rings is 1. The van der Waals surface area contributed by atoms with E-state index in [4.69, 9.17) is 5.26 Å². The number of nitriles is 1. The monoisotopic (exact) mass is 295 g/mol. The first-order valence-electron chi connectivity index (χ1n) is 6.48. The molecule has 0 bridgehead atoms. The van der Waals surface area contributed by atoms with E-state index in [1.165, 1.54) is 18.2 Å². The lowest BCUT2D eigenvalue weighted by Crippen LogP contribution is -2.36. The lowest BCUT2D eigenvalue weighted by atomic mass is 10.1. The molecule has 0 heterocycles. The molecule has 1 N–H and O–H groups in total. The summed E-state index contributed by atoms with van der Waals surface area (Å²) in [5.41, 5.74) is 1.15. The highest BCUT2D eigenvalue weighted by atomic mass is 32.2. The van der Waals surface area contributed by atoms with E-state index in [1.807, 2.05) is 13.1 Å². The van der Waals surface area contributed by atoms with Crippen LogP contribution in [0.15, 0.2) is 23.1 Å². The van der Waals surface area contributed by atoms with Crippen LogP contribution in [0.4, 0.5) is 0 Å². The van der Waals surface area contributed by atoms with E-state index >= 15 is 0 Å². The van der Waals surface area contributed by atoms with Gasteiger partial charge in [-0.15, -0.1) is 0 Å². The Morgan fingerprint density at radius 1 is 1.40 bits per heavy atom. The van der Waals surface area contributed by atoms with Gasteiger partial charge in [-0.1, -0.05) is 0 Å². The van der Waals surface area contributed by atoms with Gasteiger partial charge in [-0.25, -0.2) is 13.1 Å². The summed E-state index contributed by atoms with van der Waals surface area (Å²) in [5, 5.41) is 8.85. The maximum atomic E-state index is 12.1. The normalized spacial score (nSPS) is 11.8. The van der Waals surface area contributed by atoms with Crippen LogP contribution in [-0.2, 0) is 10.0 Å². The molecule has 0 fully saturated rings. The Balaban J connectivity index is 2.75. The molecular weight excluding hydrogens is 274 g/mol. The molecule has 0 aliphatic carbocycles. The van der Waals surface area contributed by atoms with Crippen molar-refractivity contribution in [2.45, 2.75) is 31.7 Å². The summed E-state index contributed by atoms with van der Waals surface area (Å²) in [4.78, 5) is 2.26. The van der Waals surface area contributed by atoms with Gasteiger partial charge in [-0.05, 0) is 51.6 Å². The van der Waals surface area contributed by atoms with Crippen molar-refractivity contribution in [3.05, 3.63) is 29.3 Å². The molecule has 6 heteroatoms. The topological polar surface area (TPSA) is 73.2 Å². The van der Waals surface area contributed by atoms with E-state index in [1.54, 1.807) is 6.92 Å². The largest absolute Gasteiger partial charge is 0.303 e. The zero-order valence-corrected chi connectivity index (χ0v) is 13.2. The Labute approximate surface area is 121 Å². The SMILES string of the molecule is Cc1cc(S(=O)(=O)NCCN(C)C(C)C)ccc1C#N. The van der Waals surface area contributed by atoms with E-state index in [2.05, 4.69) is 23.5 Å². The summed E-state index contributed by atoms with van der Waals surface area (Å²) in [5.74, 6) is 0. The molecule has 110 valence electrons. The number of hydrogen-bond acceptors (Lipinski definition) is 4. The van der Waals surface area contributed by atoms with Crippen molar-refractivity contribution in [3.63, 3.8) is 0 Å². The average Bonchev–Trinajstić information content (AvgIpc) is 2.38. The van der Waals surface area contributed by atoms with E-state index in [9.17, 15) is 8.42 Å². The third-order valence-corrected chi connectivity index (χ3v) is 4.73. The van der Waals surface area contributed by atoms with Crippen LogP contribution in [0, 0.1) is 18.3 Å². The number of hydrogen-bond donors (Lipinski definition) is 1. The molecule has 0 aliphatic rings. The zero-order chi connectivity index (χ0) is 15.3. The van der Waals surface area contributed by atoms with Crippen LogP contribution >= 0.6 is 0 Å². The van der Waals surface area contributed by atoms with Crippen molar-refractivity contribution >= 4 is 10.0 Å². The molecule has 0 saturated heterocycles. The van der Waals surface area contributed by atoms with Gasteiger partial charge in [-0.3, -0.25) is 0 Å². The van der Waals surface area contributed by atoms with Crippen LogP contribution in [-0.4, -0.2) is 39.5 Å². The van der Waals surface area contributed by atoms with E-state index in [-0.39, 0.29) is 4.90 Å². The van der Waals surface area contributed by atoms with Crippen molar-refractivity contribution in [2.24, 2.45) is 0 Å². The first-order valence-corrected chi connectivity index (χ1v) is 7.97. The molecule has 0 spiro atoms. The van der Waals surface area contributed by atoms with E-state index < -0.39 is 10.0 Å². The summed E-state index contributed by atoms with van der Waals surface area (Å²) in [6.07, 6.45) is 0. The van der Waals surface area contributed by atoms with E-state index in [0.29, 0.717) is 30.3 Å². The molecule has 0 unspecified atom stereocenters. The van der Waals surface area contributed by atoms with Crippen molar-refractivity contribution in [3.8, 4) is 6.07 Å². The summed E-state index contributed by atoms with van der Waals surface area (Å²) < 4.78 is 26.8. The Morgan fingerprint density at radius 3 is 2.55 bits per heavy atom. The predicted molar refractivity (Wildman–Crippen MR) is 78.8 cm³/mol. The fourth-order valence-electron chi connectivity index (χ4n) is 1.63. The number of rotatable bonds is 6. The first-order chi connectivity index (χ1) is 9.27. The van der Waals surface area contributed by atoms with Crippen LogP contribution in [0.1, 0.15) is 25.0 Å². The maximum absolute atomic E-state index is 12.1. The van der Waals surface area contributed by atoms with Crippen LogP contribution in [0.3, 0.4) is 0 Å². The first kappa shape index (κ1) is 16.6. The van der Waals surface area contributed by atoms with E-state index in [0.717, 1.165) is 0 Å². The molecule has 0 aromatic heterocycles. The Bertz CT molecular complexity index is 603. The van der Waals surface area contributed by atoms with Gasteiger partial charge in [-0.2, -0.15) is 5.26 Å². The van der Waals surface area contributed by atoms with Crippen molar-refractivity contribution in [1.82, 2.24) is 9.62 Å². The molecule has 0 radical (unpaired) electrons. The van der Waals surface area contributed by atoms with Crippen LogP contribution in [0.25, 0.3) is 0 Å². The summed E-state index contributed by atoms with van der Waals surface area (Å²) in [6.45, 7) is 6.84. The second-order valence-electron chi connectivity index (χ2n) is 5.06. The van der Waals surface area contributed by atoms with Gasteiger partial charge in [0.05, 0.1) is 16.5 Å². The lowest BCUT2D eigenvalue weighted by Gasteiger charge is -2.20. The quantitative estimate of drug-likeness (QED) is 0.863. The summed E-state index contributed by atoms with van der Waals surface area (Å²) in [6, 6.07) is 6.91. The molecule has 0 amide bonds. The highest BCUT2D eigenvalue weighted by molar-refractivity contribution is 7.89. The standard InChI is InChI=1S/C14H21N3O2S/c1-11(2)17(4)8-7-16-20(18,19)14-6-5-13(10-15)12(3)9-14/h5-6,9,11,16H,7-8H2,1-4H3. The van der Waals surface area contributed by atoms with Crippen molar-refractivity contribution in [2.75, 3.05) is 20.1 Å². The maximum Gasteiger partial charge on any atom is 0.240 e.